The number of fused-ring (bicyclic) bond motifs is 1. The predicted octanol–water partition coefficient (Wildman–Crippen LogP) is 4.27. The number of hydrogen-bond donors (Lipinski definition) is 0. The highest BCUT2D eigenvalue weighted by atomic mass is 32.2. The average molecular weight is 368 g/mol. The van der Waals surface area contributed by atoms with Crippen LogP contribution in [0.1, 0.15) is 41.5 Å². The Hall–Kier alpha value is -2.07. The molecule has 1 aliphatic carbocycles. The average Bonchev–Trinajstić information content (AvgIpc) is 3.42. The van der Waals surface area contributed by atoms with Gasteiger partial charge in [-0.2, -0.15) is 0 Å². The minimum Gasteiger partial charge on any atom is -0.376 e. The second kappa shape index (κ2) is 6.58. The summed E-state index contributed by atoms with van der Waals surface area (Å²) in [4.78, 5) is 2.57. The summed E-state index contributed by atoms with van der Waals surface area (Å²) in [6, 6.07) is 14.1. The van der Waals surface area contributed by atoms with Crippen LogP contribution in [0.2, 0.25) is 0 Å². The molecule has 2 aromatic carbocycles. The van der Waals surface area contributed by atoms with Gasteiger partial charge in [-0.15, -0.1) is 0 Å². The molecule has 0 amide bonds. The van der Waals surface area contributed by atoms with E-state index in [0.717, 1.165) is 30.0 Å². The molecule has 0 saturated heterocycles. The summed E-state index contributed by atoms with van der Waals surface area (Å²) >= 11 is 0. The molecule has 1 aliphatic heterocycles. The standard InChI is InChI=1S/C22H25NO2S/c1-23-14-18-5-3-4-6-20(18)22(15-23)21-13-19(26(2,24)25)12-11-17(21)10-9-16-7-8-16/h3-6,11-13,15-16H,7-10,14H2,1-2H3. The SMILES string of the molecule is CN1C=C(c2cc(S(C)(=O)=O)ccc2CCC2CC2)c2ccccc2C1. The summed E-state index contributed by atoms with van der Waals surface area (Å²) < 4.78 is 24.3. The van der Waals surface area contributed by atoms with Crippen LogP contribution in [-0.2, 0) is 22.8 Å². The van der Waals surface area contributed by atoms with Gasteiger partial charge < -0.3 is 4.90 Å². The van der Waals surface area contributed by atoms with Crippen LogP contribution >= 0.6 is 0 Å². The Labute approximate surface area is 156 Å². The van der Waals surface area contributed by atoms with Gasteiger partial charge in [0.05, 0.1) is 4.90 Å². The molecule has 1 saturated carbocycles. The molecule has 0 atom stereocenters. The van der Waals surface area contributed by atoms with E-state index in [0.29, 0.717) is 4.90 Å². The molecule has 1 heterocycles. The quantitative estimate of drug-likeness (QED) is 0.792. The maximum absolute atomic E-state index is 12.1. The number of hydrogen-bond acceptors (Lipinski definition) is 3. The molecule has 0 radical (unpaired) electrons. The van der Waals surface area contributed by atoms with Crippen molar-refractivity contribution < 1.29 is 8.42 Å². The second-order valence-corrected chi connectivity index (χ2v) is 9.70. The third-order valence-corrected chi connectivity index (χ3v) is 6.51. The van der Waals surface area contributed by atoms with Crippen molar-refractivity contribution in [1.82, 2.24) is 4.90 Å². The lowest BCUT2D eigenvalue weighted by Crippen LogP contribution is -2.18. The first-order valence-electron chi connectivity index (χ1n) is 9.25. The van der Waals surface area contributed by atoms with Crippen LogP contribution in [0.25, 0.3) is 5.57 Å². The van der Waals surface area contributed by atoms with E-state index in [2.05, 4.69) is 42.4 Å². The van der Waals surface area contributed by atoms with Gasteiger partial charge >= 0.3 is 0 Å². The van der Waals surface area contributed by atoms with E-state index in [1.807, 2.05) is 12.1 Å². The van der Waals surface area contributed by atoms with Gasteiger partial charge in [-0.25, -0.2) is 8.42 Å². The van der Waals surface area contributed by atoms with Crippen molar-refractivity contribution in [2.45, 2.75) is 37.1 Å². The van der Waals surface area contributed by atoms with Crippen LogP contribution in [0.5, 0.6) is 0 Å². The first-order valence-corrected chi connectivity index (χ1v) is 11.1. The molecular weight excluding hydrogens is 342 g/mol. The molecule has 2 aromatic rings. The van der Waals surface area contributed by atoms with E-state index >= 15 is 0 Å². The van der Waals surface area contributed by atoms with Gasteiger partial charge in [0.15, 0.2) is 9.84 Å². The monoisotopic (exact) mass is 367 g/mol. The van der Waals surface area contributed by atoms with Crippen LogP contribution < -0.4 is 0 Å². The van der Waals surface area contributed by atoms with Gasteiger partial charge in [0.25, 0.3) is 0 Å². The van der Waals surface area contributed by atoms with Crippen molar-refractivity contribution in [2.75, 3.05) is 13.3 Å². The molecule has 0 bridgehead atoms. The Balaban J connectivity index is 1.84. The van der Waals surface area contributed by atoms with Crippen molar-refractivity contribution in [3.8, 4) is 0 Å². The number of benzene rings is 2. The number of rotatable bonds is 5. The first kappa shape index (κ1) is 17.3. The van der Waals surface area contributed by atoms with E-state index in [1.165, 1.54) is 42.2 Å². The Kier molecular flexibility index (Phi) is 4.39. The molecule has 0 spiro atoms. The second-order valence-electron chi connectivity index (χ2n) is 7.69. The fraction of sp³-hybridized carbons (Fsp3) is 0.364. The van der Waals surface area contributed by atoms with E-state index < -0.39 is 9.84 Å². The van der Waals surface area contributed by atoms with Crippen molar-refractivity contribution in [2.24, 2.45) is 5.92 Å². The van der Waals surface area contributed by atoms with Gasteiger partial charge in [0.2, 0.25) is 0 Å². The Morgan fingerprint density at radius 3 is 2.58 bits per heavy atom. The van der Waals surface area contributed by atoms with E-state index in [1.54, 1.807) is 6.07 Å². The van der Waals surface area contributed by atoms with Crippen LogP contribution in [0.3, 0.4) is 0 Å². The lowest BCUT2D eigenvalue weighted by molar-refractivity contribution is 0.445. The normalized spacial score (nSPS) is 17.0. The fourth-order valence-electron chi connectivity index (χ4n) is 3.76. The van der Waals surface area contributed by atoms with Gasteiger partial charge in [0.1, 0.15) is 0 Å². The molecule has 0 aromatic heterocycles. The molecule has 4 rings (SSSR count). The zero-order valence-corrected chi connectivity index (χ0v) is 16.2. The maximum atomic E-state index is 12.1. The summed E-state index contributed by atoms with van der Waals surface area (Å²) in [7, 11) is -1.16. The lowest BCUT2D eigenvalue weighted by atomic mass is 9.88. The Morgan fingerprint density at radius 1 is 1.08 bits per heavy atom. The highest BCUT2D eigenvalue weighted by Crippen LogP contribution is 2.37. The molecule has 0 N–H and O–H groups in total. The highest BCUT2D eigenvalue weighted by Gasteiger charge is 2.24. The Bertz CT molecular complexity index is 971. The molecular formula is C22H25NO2S. The van der Waals surface area contributed by atoms with Gasteiger partial charge in [0, 0.05) is 31.6 Å². The summed E-state index contributed by atoms with van der Waals surface area (Å²) in [5.74, 6) is 0.854. The maximum Gasteiger partial charge on any atom is 0.175 e. The Morgan fingerprint density at radius 2 is 1.85 bits per heavy atom. The molecule has 2 aliphatic rings. The highest BCUT2D eigenvalue weighted by molar-refractivity contribution is 7.90. The topological polar surface area (TPSA) is 37.4 Å². The fourth-order valence-corrected chi connectivity index (χ4v) is 4.41. The van der Waals surface area contributed by atoms with Crippen LogP contribution in [0.4, 0.5) is 0 Å². The van der Waals surface area contributed by atoms with Crippen LogP contribution in [-0.4, -0.2) is 26.6 Å². The summed E-state index contributed by atoms with van der Waals surface area (Å²) in [6.45, 7) is 0.878. The van der Waals surface area contributed by atoms with Crippen molar-refractivity contribution in [3.63, 3.8) is 0 Å². The zero-order chi connectivity index (χ0) is 18.3. The van der Waals surface area contributed by atoms with Crippen molar-refractivity contribution in [1.29, 1.82) is 0 Å². The molecule has 4 heteroatoms. The molecule has 3 nitrogen and oxygen atoms in total. The minimum atomic E-state index is -3.23. The van der Waals surface area contributed by atoms with Gasteiger partial charge in [-0.1, -0.05) is 43.2 Å². The van der Waals surface area contributed by atoms with E-state index in [4.69, 9.17) is 0 Å². The van der Waals surface area contributed by atoms with Gasteiger partial charge in [-0.05, 0) is 53.1 Å². The number of sulfone groups is 1. The summed E-state index contributed by atoms with van der Waals surface area (Å²) in [5.41, 5.74) is 5.94. The van der Waals surface area contributed by atoms with Gasteiger partial charge in [-0.3, -0.25) is 0 Å². The number of nitrogens with zero attached hydrogens (tertiary/aromatic N) is 1. The van der Waals surface area contributed by atoms with Crippen molar-refractivity contribution >= 4 is 15.4 Å². The summed E-state index contributed by atoms with van der Waals surface area (Å²) in [5, 5.41) is 0. The molecule has 0 unspecified atom stereocenters. The van der Waals surface area contributed by atoms with Crippen molar-refractivity contribution in [3.05, 3.63) is 70.9 Å². The molecule has 136 valence electrons. The summed E-state index contributed by atoms with van der Waals surface area (Å²) in [6.07, 6.45) is 8.31. The van der Waals surface area contributed by atoms with Crippen LogP contribution in [0, 0.1) is 5.92 Å². The minimum absolute atomic E-state index is 0.397. The molecule has 26 heavy (non-hydrogen) atoms. The number of aryl methyl sites for hydroxylation is 1. The van der Waals surface area contributed by atoms with E-state index in [-0.39, 0.29) is 0 Å². The predicted molar refractivity (Wildman–Crippen MR) is 106 cm³/mol. The van der Waals surface area contributed by atoms with E-state index in [9.17, 15) is 8.42 Å². The largest absolute Gasteiger partial charge is 0.376 e. The molecule has 1 fully saturated rings. The van der Waals surface area contributed by atoms with Crippen LogP contribution in [0.15, 0.2) is 53.6 Å². The smallest absolute Gasteiger partial charge is 0.175 e. The lowest BCUT2D eigenvalue weighted by Gasteiger charge is -2.27. The third-order valence-electron chi connectivity index (χ3n) is 5.40. The zero-order valence-electron chi connectivity index (χ0n) is 15.4. The first-order chi connectivity index (χ1) is 12.4. The third kappa shape index (κ3) is 3.56.